The Bertz CT molecular complexity index is 620. The Morgan fingerprint density at radius 1 is 0.857 bits per heavy atom. The van der Waals surface area contributed by atoms with Crippen LogP contribution in [0.15, 0.2) is 0 Å². The Morgan fingerprint density at radius 2 is 1.29 bits per heavy atom. The Labute approximate surface area is 165 Å². The van der Waals surface area contributed by atoms with E-state index >= 15 is 0 Å². The van der Waals surface area contributed by atoms with Crippen LogP contribution >= 0.6 is 0 Å². The summed E-state index contributed by atoms with van der Waals surface area (Å²) in [6.07, 6.45) is -4.16. The van der Waals surface area contributed by atoms with Crippen molar-refractivity contribution < 1.29 is 48.6 Å². The number of rotatable bonds is 12. The van der Waals surface area contributed by atoms with Crippen molar-refractivity contribution in [1.82, 2.24) is 0 Å². The zero-order valence-corrected chi connectivity index (χ0v) is 17.7. The highest BCUT2D eigenvalue weighted by Gasteiger charge is 2.51. The van der Waals surface area contributed by atoms with E-state index in [0.717, 1.165) is 6.92 Å². The summed E-state index contributed by atoms with van der Waals surface area (Å²) in [7, 11) is 10.2. The molecule has 162 valence electrons. The fourth-order valence-corrected chi connectivity index (χ4v) is 2.78. The van der Waals surface area contributed by atoms with Gasteiger partial charge in [0.2, 0.25) is 0 Å². The summed E-state index contributed by atoms with van der Waals surface area (Å²) in [4.78, 5) is 48.3. The molecule has 0 aliphatic heterocycles. The highest BCUT2D eigenvalue weighted by atomic mass is 16.4. The number of ketones is 2. The van der Waals surface area contributed by atoms with Crippen LogP contribution in [0.3, 0.4) is 0 Å². The van der Waals surface area contributed by atoms with Crippen LogP contribution in [0.2, 0.25) is 0 Å². The molecule has 0 aliphatic rings. The van der Waals surface area contributed by atoms with Gasteiger partial charge in [0.25, 0.3) is 0 Å². The van der Waals surface area contributed by atoms with Crippen LogP contribution in [0.1, 0.15) is 13.3 Å². The van der Waals surface area contributed by atoms with Crippen molar-refractivity contribution in [2.45, 2.75) is 25.6 Å². The summed E-state index contributed by atoms with van der Waals surface area (Å²) < 4.78 is 0.354. The number of likely N-dealkylation sites (N-methyl/N-ethyl adjacent to an activating group) is 2. The molecule has 0 heterocycles. The first-order valence-electron chi connectivity index (χ1n) is 8.82. The Kier molecular flexibility index (Phi) is 8.47. The summed E-state index contributed by atoms with van der Waals surface area (Å²) in [6.45, 7) is 0.885. The van der Waals surface area contributed by atoms with Crippen LogP contribution in [-0.4, -0.2) is 120 Å². The first-order valence-corrected chi connectivity index (χ1v) is 8.82. The van der Waals surface area contributed by atoms with Gasteiger partial charge in [-0.3, -0.25) is 19.2 Å². The number of quaternary nitrogens is 2. The standard InChI is InChI=1S/C18H32N2O8/c1-18(17(27)28,14(24)10-20(5,6)7)13(23)8-11(21)15(16(25)26)12(22)9-19(2,3)4/h12,14-15,22,24H,8-10H2,1-7H3/p+2. The zero-order valence-electron chi connectivity index (χ0n) is 17.7. The first-order chi connectivity index (χ1) is 12.3. The maximum absolute atomic E-state index is 12.6. The number of carbonyl (C=O) groups is 4. The van der Waals surface area contributed by atoms with Gasteiger partial charge in [-0.25, -0.2) is 0 Å². The van der Waals surface area contributed by atoms with E-state index in [1.807, 2.05) is 0 Å². The lowest BCUT2D eigenvalue weighted by Crippen LogP contribution is -2.55. The molecule has 0 aliphatic carbocycles. The molecule has 0 aromatic heterocycles. The van der Waals surface area contributed by atoms with Crippen LogP contribution in [0.25, 0.3) is 0 Å². The normalized spacial score (nSPS) is 17.9. The SMILES string of the molecule is CC(C(=O)O)(C(=O)CC(=O)C(C(=O)O)C(O)C[N+](C)(C)C)C(O)C[N+](C)(C)C. The van der Waals surface area contributed by atoms with Gasteiger partial charge in [-0.15, -0.1) is 0 Å². The van der Waals surface area contributed by atoms with E-state index in [2.05, 4.69) is 0 Å². The quantitative estimate of drug-likeness (QED) is 0.225. The largest absolute Gasteiger partial charge is 0.481 e. The molecule has 4 N–H and O–H groups in total. The fraction of sp³-hybridized carbons (Fsp3) is 0.778. The van der Waals surface area contributed by atoms with E-state index in [1.54, 1.807) is 42.3 Å². The molecule has 0 rings (SSSR count). The molecule has 0 saturated heterocycles. The number of Topliss-reactive ketones (excluding diaryl/α,β-unsaturated/α-hetero) is 2. The van der Waals surface area contributed by atoms with Crippen LogP contribution in [-0.2, 0) is 19.2 Å². The second-order valence-electron chi connectivity index (χ2n) is 9.42. The van der Waals surface area contributed by atoms with Crippen LogP contribution in [0.5, 0.6) is 0 Å². The van der Waals surface area contributed by atoms with Crippen LogP contribution < -0.4 is 0 Å². The molecular formula is C18H34N2O8+2. The zero-order chi connectivity index (χ0) is 22.7. The van der Waals surface area contributed by atoms with Gasteiger partial charge in [-0.1, -0.05) is 0 Å². The van der Waals surface area contributed by atoms with E-state index in [4.69, 9.17) is 0 Å². The van der Waals surface area contributed by atoms with Crippen LogP contribution in [0.4, 0.5) is 0 Å². The predicted molar refractivity (Wildman–Crippen MR) is 99.3 cm³/mol. The molecule has 10 heteroatoms. The number of carboxylic acids is 2. The van der Waals surface area contributed by atoms with Crippen molar-refractivity contribution in [3.8, 4) is 0 Å². The molecular weight excluding hydrogens is 372 g/mol. The number of aliphatic hydroxyl groups excluding tert-OH is 2. The number of nitrogens with zero attached hydrogens (tertiary/aromatic N) is 2. The van der Waals surface area contributed by atoms with E-state index in [1.165, 1.54) is 0 Å². The topological polar surface area (TPSA) is 149 Å². The summed E-state index contributed by atoms with van der Waals surface area (Å²) in [5, 5.41) is 39.4. The summed E-state index contributed by atoms with van der Waals surface area (Å²) in [5.41, 5.74) is -2.28. The lowest BCUT2D eigenvalue weighted by molar-refractivity contribution is -0.874. The molecule has 0 aromatic rings. The van der Waals surface area contributed by atoms with E-state index in [-0.39, 0.29) is 22.1 Å². The number of hydrogen-bond donors (Lipinski definition) is 4. The highest BCUT2D eigenvalue weighted by molar-refractivity contribution is 6.14. The van der Waals surface area contributed by atoms with Crippen molar-refractivity contribution in [3.05, 3.63) is 0 Å². The minimum atomic E-state index is -2.28. The molecule has 10 nitrogen and oxygen atoms in total. The molecule has 0 spiro atoms. The monoisotopic (exact) mass is 406 g/mol. The van der Waals surface area contributed by atoms with Gasteiger partial charge >= 0.3 is 11.9 Å². The summed E-state index contributed by atoms with van der Waals surface area (Å²) in [6, 6.07) is 0. The molecule has 0 aromatic carbocycles. The number of carboxylic acid groups (broad SMARTS) is 2. The second kappa shape index (κ2) is 9.08. The first kappa shape index (κ1) is 26.1. The second-order valence-corrected chi connectivity index (χ2v) is 9.42. The van der Waals surface area contributed by atoms with Gasteiger partial charge in [-0.2, -0.15) is 0 Å². The number of hydrogen-bond acceptors (Lipinski definition) is 6. The lowest BCUT2D eigenvalue weighted by atomic mass is 9.76. The van der Waals surface area contributed by atoms with Gasteiger partial charge in [0.15, 0.2) is 17.0 Å². The number of aliphatic carboxylic acids is 2. The van der Waals surface area contributed by atoms with Gasteiger partial charge in [0, 0.05) is 0 Å². The van der Waals surface area contributed by atoms with Gasteiger partial charge in [-0.05, 0) is 6.92 Å². The average Bonchev–Trinajstić information content (AvgIpc) is 2.41. The maximum atomic E-state index is 12.6. The smallest absolute Gasteiger partial charge is 0.319 e. The van der Waals surface area contributed by atoms with E-state index in [9.17, 15) is 39.6 Å². The van der Waals surface area contributed by atoms with Gasteiger partial charge < -0.3 is 29.4 Å². The highest BCUT2D eigenvalue weighted by Crippen LogP contribution is 2.28. The fourth-order valence-electron chi connectivity index (χ4n) is 2.78. The number of aliphatic hydroxyl groups is 2. The molecule has 0 saturated carbocycles. The Morgan fingerprint density at radius 3 is 1.61 bits per heavy atom. The molecule has 4 atom stereocenters. The molecule has 0 amide bonds. The number of carbonyl (C=O) groups excluding carboxylic acids is 2. The molecule has 0 bridgehead atoms. The van der Waals surface area contributed by atoms with Crippen molar-refractivity contribution in [2.24, 2.45) is 11.3 Å². The molecule has 28 heavy (non-hydrogen) atoms. The average molecular weight is 406 g/mol. The van der Waals surface area contributed by atoms with Crippen molar-refractivity contribution in [2.75, 3.05) is 55.4 Å². The Balaban J connectivity index is 5.62. The van der Waals surface area contributed by atoms with Gasteiger partial charge in [0.05, 0.1) is 48.7 Å². The Hall–Kier alpha value is -1.88. The van der Waals surface area contributed by atoms with Crippen LogP contribution in [0, 0.1) is 11.3 Å². The summed E-state index contributed by atoms with van der Waals surface area (Å²) in [5.74, 6) is -7.26. The maximum Gasteiger partial charge on any atom is 0.319 e. The minimum absolute atomic E-state index is 0.0583. The molecule has 0 radical (unpaired) electrons. The summed E-state index contributed by atoms with van der Waals surface area (Å²) >= 11 is 0. The third-order valence-corrected chi connectivity index (χ3v) is 4.48. The lowest BCUT2D eigenvalue weighted by Gasteiger charge is -2.34. The molecule has 4 unspecified atom stereocenters. The van der Waals surface area contributed by atoms with E-state index in [0.29, 0.717) is 0 Å². The van der Waals surface area contributed by atoms with Crippen molar-refractivity contribution >= 4 is 23.5 Å². The third-order valence-electron chi connectivity index (χ3n) is 4.48. The van der Waals surface area contributed by atoms with Crippen molar-refractivity contribution in [3.63, 3.8) is 0 Å². The van der Waals surface area contributed by atoms with Gasteiger partial charge in [0.1, 0.15) is 31.2 Å². The third kappa shape index (κ3) is 7.27. The van der Waals surface area contributed by atoms with Crippen molar-refractivity contribution in [1.29, 1.82) is 0 Å². The minimum Gasteiger partial charge on any atom is -0.481 e. The van der Waals surface area contributed by atoms with E-state index < -0.39 is 53.5 Å². The predicted octanol–water partition coefficient (Wildman–Crippen LogP) is -1.56. The molecule has 0 fully saturated rings.